The molecule has 5 rings (SSSR count). The molecule has 0 bridgehead atoms. The van der Waals surface area contributed by atoms with Gasteiger partial charge in [-0.05, 0) is 80.6 Å². The Hall–Kier alpha value is -3.12. The summed E-state index contributed by atoms with van der Waals surface area (Å²) in [5.41, 5.74) is 5.88. The van der Waals surface area contributed by atoms with Crippen molar-refractivity contribution in [3.63, 3.8) is 0 Å². The molecule has 0 spiro atoms. The van der Waals surface area contributed by atoms with Gasteiger partial charge in [-0.15, -0.1) is 0 Å². The molecule has 1 amide bonds. The summed E-state index contributed by atoms with van der Waals surface area (Å²) in [6, 6.07) is 13.9. The van der Waals surface area contributed by atoms with Crippen LogP contribution in [0.2, 0.25) is 0 Å². The lowest BCUT2D eigenvalue weighted by Gasteiger charge is -2.28. The first kappa shape index (κ1) is 23.6. The zero-order chi connectivity index (χ0) is 24.2. The maximum Gasteiger partial charge on any atom is 0.337 e. The number of carbonyl (C=O) groups excluding carboxylic acids is 2. The van der Waals surface area contributed by atoms with E-state index >= 15 is 0 Å². The fourth-order valence-electron chi connectivity index (χ4n) is 5.66. The van der Waals surface area contributed by atoms with E-state index in [9.17, 15) is 9.59 Å². The van der Waals surface area contributed by atoms with Crippen molar-refractivity contribution in [1.29, 1.82) is 0 Å². The van der Waals surface area contributed by atoms with Crippen molar-refractivity contribution in [2.75, 3.05) is 30.8 Å². The molecule has 1 aliphatic carbocycles. The smallest absolute Gasteiger partial charge is 0.337 e. The van der Waals surface area contributed by atoms with Crippen LogP contribution < -0.4 is 10.6 Å². The standard InChI is InChI=1S/C29H35N3O3/c1-35-29(34)22-12-15-25-24(18-22)26(28(33)31-25)27(21-8-4-2-5-9-21)30-23-13-10-20(11-14-23)19-32-16-6-3-7-17-32/h10-15,18,21,30H,2-9,16-17,19H2,1H3,(H,31,33)/b27-26-. The molecule has 2 aromatic rings. The number of likely N-dealkylation sites (tertiary alicyclic amines) is 1. The number of allylic oxidation sites excluding steroid dienone is 1. The van der Waals surface area contributed by atoms with E-state index in [-0.39, 0.29) is 11.8 Å². The van der Waals surface area contributed by atoms with Crippen LogP contribution >= 0.6 is 0 Å². The van der Waals surface area contributed by atoms with E-state index in [1.54, 1.807) is 18.2 Å². The van der Waals surface area contributed by atoms with Crippen LogP contribution in [0.25, 0.3) is 5.57 Å². The van der Waals surface area contributed by atoms with Crippen LogP contribution in [0.4, 0.5) is 11.4 Å². The summed E-state index contributed by atoms with van der Waals surface area (Å²) >= 11 is 0. The molecule has 2 aromatic carbocycles. The third kappa shape index (κ3) is 5.27. The van der Waals surface area contributed by atoms with Crippen molar-refractivity contribution in [1.82, 2.24) is 4.90 Å². The lowest BCUT2D eigenvalue weighted by Crippen LogP contribution is -2.29. The molecular weight excluding hydrogens is 438 g/mol. The minimum absolute atomic E-state index is 0.114. The van der Waals surface area contributed by atoms with Crippen molar-refractivity contribution in [2.24, 2.45) is 5.92 Å². The molecule has 184 valence electrons. The minimum atomic E-state index is -0.400. The first-order valence-corrected chi connectivity index (χ1v) is 13.0. The molecule has 0 atom stereocenters. The number of benzene rings is 2. The summed E-state index contributed by atoms with van der Waals surface area (Å²) < 4.78 is 4.92. The predicted octanol–water partition coefficient (Wildman–Crippen LogP) is 5.81. The molecule has 3 aliphatic rings. The number of nitrogens with zero attached hydrogens (tertiary/aromatic N) is 1. The predicted molar refractivity (Wildman–Crippen MR) is 139 cm³/mol. The number of rotatable bonds is 6. The quantitative estimate of drug-likeness (QED) is 0.409. The summed E-state index contributed by atoms with van der Waals surface area (Å²) in [5.74, 6) is -0.231. The number of esters is 1. The van der Waals surface area contributed by atoms with Gasteiger partial charge in [-0.1, -0.05) is 37.8 Å². The first-order chi connectivity index (χ1) is 17.1. The number of carbonyl (C=O) groups is 2. The molecule has 1 saturated heterocycles. The molecule has 2 fully saturated rings. The van der Waals surface area contributed by atoms with Crippen LogP contribution in [-0.2, 0) is 16.1 Å². The van der Waals surface area contributed by atoms with Crippen molar-refractivity contribution >= 4 is 28.8 Å². The number of anilines is 2. The average Bonchev–Trinajstić information content (AvgIpc) is 3.23. The maximum absolute atomic E-state index is 13.2. The second-order valence-corrected chi connectivity index (χ2v) is 9.99. The Morgan fingerprint density at radius 1 is 1.00 bits per heavy atom. The third-order valence-corrected chi connectivity index (χ3v) is 7.56. The van der Waals surface area contributed by atoms with Gasteiger partial charge in [-0.25, -0.2) is 4.79 Å². The van der Waals surface area contributed by atoms with Crippen molar-refractivity contribution in [3.05, 3.63) is 64.9 Å². The normalized spacial score (nSPS) is 20.2. The fourth-order valence-corrected chi connectivity index (χ4v) is 5.66. The Morgan fingerprint density at radius 2 is 1.71 bits per heavy atom. The van der Waals surface area contributed by atoms with Crippen LogP contribution in [0.1, 0.15) is 72.9 Å². The van der Waals surface area contributed by atoms with E-state index in [0.717, 1.165) is 54.9 Å². The molecular formula is C29H35N3O3. The molecule has 2 aliphatic heterocycles. The van der Waals surface area contributed by atoms with Gasteiger partial charge in [-0.3, -0.25) is 9.69 Å². The second kappa shape index (κ2) is 10.6. The van der Waals surface area contributed by atoms with E-state index in [2.05, 4.69) is 39.8 Å². The van der Waals surface area contributed by atoms with Gasteiger partial charge in [0.1, 0.15) is 0 Å². The molecule has 2 N–H and O–H groups in total. The topological polar surface area (TPSA) is 70.7 Å². The van der Waals surface area contributed by atoms with Gasteiger partial charge in [0.25, 0.3) is 5.91 Å². The first-order valence-electron chi connectivity index (χ1n) is 13.0. The number of piperidine rings is 1. The second-order valence-electron chi connectivity index (χ2n) is 9.99. The zero-order valence-corrected chi connectivity index (χ0v) is 20.6. The van der Waals surface area contributed by atoms with E-state index in [4.69, 9.17) is 4.74 Å². The Morgan fingerprint density at radius 3 is 2.43 bits per heavy atom. The van der Waals surface area contributed by atoms with Crippen LogP contribution in [0.15, 0.2) is 48.2 Å². The van der Waals surface area contributed by atoms with Crippen molar-refractivity contribution in [3.8, 4) is 0 Å². The fraction of sp³-hybridized carbons (Fsp3) is 0.448. The molecule has 0 aromatic heterocycles. The van der Waals surface area contributed by atoms with Gasteiger partial charge >= 0.3 is 5.97 Å². The highest BCUT2D eigenvalue weighted by atomic mass is 16.5. The number of fused-ring (bicyclic) bond motifs is 1. The highest BCUT2D eigenvalue weighted by Crippen LogP contribution is 2.40. The summed E-state index contributed by atoms with van der Waals surface area (Å²) in [6.07, 6.45) is 9.59. The number of amides is 1. The van der Waals surface area contributed by atoms with Crippen LogP contribution in [0.5, 0.6) is 0 Å². The van der Waals surface area contributed by atoms with Gasteiger partial charge in [0.2, 0.25) is 0 Å². The van der Waals surface area contributed by atoms with E-state index < -0.39 is 5.97 Å². The number of hydrogen-bond acceptors (Lipinski definition) is 5. The Labute approximate surface area is 207 Å². The van der Waals surface area contributed by atoms with E-state index in [1.807, 2.05) is 0 Å². The van der Waals surface area contributed by atoms with Gasteiger partial charge in [0.05, 0.1) is 18.2 Å². The number of ether oxygens (including phenoxy) is 1. The summed E-state index contributed by atoms with van der Waals surface area (Å²) in [5, 5.41) is 6.64. The Bertz CT molecular complexity index is 1110. The van der Waals surface area contributed by atoms with Crippen molar-refractivity contribution in [2.45, 2.75) is 57.9 Å². The van der Waals surface area contributed by atoms with Gasteiger partial charge < -0.3 is 15.4 Å². The minimum Gasteiger partial charge on any atom is -0.465 e. The SMILES string of the molecule is COC(=O)c1ccc2c(c1)/C(=C(/Nc1ccc(CN3CCCCC3)cc1)C1CCCCC1)C(=O)N2. The number of nitrogens with one attached hydrogen (secondary N) is 2. The molecule has 2 heterocycles. The highest BCUT2D eigenvalue weighted by molar-refractivity contribution is 6.32. The molecule has 6 nitrogen and oxygen atoms in total. The van der Waals surface area contributed by atoms with Crippen LogP contribution in [0.3, 0.4) is 0 Å². The molecule has 0 radical (unpaired) electrons. The highest BCUT2D eigenvalue weighted by Gasteiger charge is 2.32. The van der Waals surface area contributed by atoms with Crippen LogP contribution in [-0.4, -0.2) is 37.0 Å². The largest absolute Gasteiger partial charge is 0.465 e. The number of hydrogen-bond donors (Lipinski definition) is 2. The average molecular weight is 474 g/mol. The van der Waals surface area contributed by atoms with Gasteiger partial charge in [0.15, 0.2) is 0 Å². The molecule has 0 unspecified atom stereocenters. The lowest BCUT2D eigenvalue weighted by molar-refractivity contribution is -0.110. The summed E-state index contributed by atoms with van der Waals surface area (Å²) in [6.45, 7) is 3.35. The number of methoxy groups -OCH3 is 1. The summed E-state index contributed by atoms with van der Waals surface area (Å²) in [7, 11) is 1.37. The van der Waals surface area contributed by atoms with Crippen LogP contribution in [0, 0.1) is 5.92 Å². The molecule has 6 heteroatoms. The lowest BCUT2D eigenvalue weighted by atomic mass is 9.84. The van der Waals surface area contributed by atoms with E-state index in [1.165, 1.54) is 51.4 Å². The zero-order valence-electron chi connectivity index (χ0n) is 20.6. The Balaban J connectivity index is 1.46. The van der Waals surface area contributed by atoms with Crippen molar-refractivity contribution < 1.29 is 14.3 Å². The van der Waals surface area contributed by atoms with Gasteiger partial charge in [0, 0.05) is 29.2 Å². The molecule has 35 heavy (non-hydrogen) atoms. The molecule has 1 saturated carbocycles. The van der Waals surface area contributed by atoms with E-state index in [0.29, 0.717) is 11.1 Å². The van der Waals surface area contributed by atoms with Gasteiger partial charge in [-0.2, -0.15) is 0 Å². The Kier molecular flexibility index (Phi) is 7.19. The monoisotopic (exact) mass is 473 g/mol. The third-order valence-electron chi connectivity index (χ3n) is 7.56. The maximum atomic E-state index is 13.2. The summed E-state index contributed by atoms with van der Waals surface area (Å²) in [4.78, 5) is 27.9.